The molecule has 0 aliphatic carbocycles. The zero-order valence-corrected chi connectivity index (χ0v) is 17.4. The summed E-state index contributed by atoms with van der Waals surface area (Å²) in [6.07, 6.45) is -3.72. The normalized spacial score (nSPS) is 17.9. The van der Waals surface area contributed by atoms with E-state index < -0.39 is 47.2 Å². The predicted octanol–water partition coefficient (Wildman–Crippen LogP) is 3.69. The molecule has 1 aliphatic heterocycles. The molecule has 13 heteroatoms. The molecule has 0 radical (unpaired) electrons. The number of aliphatic hydroxyl groups excluding tert-OH is 1. The molecule has 1 unspecified atom stereocenters. The highest BCUT2D eigenvalue weighted by atomic mass is 19.4. The summed E-state index contributed by atoms with van der Waals surface area (Å²) in [5.74, 6) is -3.47. The van der Waals surface area contributed by atoms with E-state index in [2.05, 4.69) is 20.6 Å². The zero-order chi connectivity index (χ0) is 24.7. The van der Waals surface area contributed by atoms with Crippen molar-refractivity contribution in [2.24, 2.45) is 5.16 Å². The summed E-state index contributed by atoms with van der Waals surface area (Å²) in [5, 5.41) is 19.3. The number of amides is 1. The van der Waals surface area contributed by atoms with E-state index in [9.17, 15) is 31.9 Å². The van der Waals surface area contributed by atoms with Gasteiger partial charge in [-0.3, -0.25) is 4.79 Å². The lowest BCUT2D eigenvalue weighted by Gasteiger charge is -2.16. The number of benzene rings is 1. The Hall–Kier alpha value is -3.87. The van der Waals surface area contributed by atoms with Crippen molar-refractivity contribution in [2.45, 2.75) is 25.1 Å². The van der Waals surface area contributed by atoms with Gasteiger partial charge in [-0.15, -0.1) is 0 Å². The standard InChI is InChI=1S/C21H16F5N5O3/c1-20(10-32)8-15(30-34-20)14-7-16(21(24,25)26)31(29-14)17-6-5-11(9-27-17)28-19(33)18-12(22)3-2-4-13(18)23/h2-7,9,32H,8,10H2,1H3,(H,28,33). The van der Waals surface area contributed by atoms with Crippen LogP contribution in [-0.2, 0) is 11.0 Å². The van der Waals surface area contributed by atoms with Crippen LogP contribution in [0, 0.1) is 11.6 Å². The van der Waals surface area contributed by atoms with E-state index in [0.717, 1.165) is 36.5 Å². The van der Waals surface area contributed by atoms with Crippen molar-refractivity contribution >= 4 is 17.3 Å². The Balaban J connectivity index is 1.61. The number of rotatable bonds is 5. The third kappa shape index (κ3) is 4.46. The van der Waals surface area contributed by atoms with Gasteiger partial charge < -0.3 is 15.3 Å². The van der Waals surface area contributed by atoms with E-state index in [1.807, 2.05) is 0 Å². The highest BCUT2D eigenvalue weighted by molar-refractivity contribution is 6.04. The van der Waals surface area contributed by atoms with Gasteiger partial charge in [0.2, 0.25) is 0 Å². The van der Waals surface area contributed by atoms with Crippen LogP contribution in [0.15, 0.2) is 47.8 Å². The average Bonchev–Trinajstić information content (AvgIpc) is 3.39. The summed E-state index contributed by atoms with van der Waals surface area (Å²) in [5.41, 5.74) is -3.01. The maximum Gasteiger partial charge on any atom is 0.433 e. The van der Waals surface area contributed by atoms with E-state index in [-0.39, 0.29) is 29.3 Å². The Bertz CT molecular complexity index is 1250. The lowest BCUT2D eigenvalue weighted by atomic mass is 9.99. The molecule has 4 rings (SSSR count). The maximum atomic E-state index is 13.8. The fraction of sp³-hybridized carbons (Fsp3) is 0.238. The van der Waals surface area contributed by atoms with Crippen LogP contribution in [0.25, 0.3) is 5.82 Å². The molecule has 2 aromatic heterocycles. The first-order chi connectivity index (χ1) is 16.0. The summed E-state index contributed by atoms with van der Waals surface area (Å²) in [4.78, 5) is 21.2. The van der Waals surface area contributed by atoms with Gasteiger partial charge in [0, 0.05) is 6.42 Å². The second-order valence-corrected chi connectivity index (χ2v) is 7.69. The smallest absolute Gasteiger partial charge is 0.392 e. The molecule has 3 aromatic rings. The molecule has 0 saturated heterocycles. The van der Waals surface area contributed by atoms with Crippen molar-refractivity contribution < 1.29 is 36.7 Å². The van der Waals surface area contributed by atoms with Crippen LogP contribution in [0.3, 0.4) is 0 Å². The summed E-state index contributed by atoms with van der Waals surface area (Å²) in [6.45, 7) is 1.16. The minimum Gasteiger partial charge on any atom is -0.392 e. The number of nitrogens with zero attached hydrogens (tertiary/aromatic N) is 4. The first-order valence-electron chi connectivity index (χ1n) is 9.76. The number of hydrogen-bond acceptors (Lipinski definition) is 6. The van der Waals surface area contributed by atoms with Gasteiger partial charge in [0.1, 0.15) is 28.6 Å². The number of pyridine rings is 1. The van der Waals surface area contributed by atoms with Gasteiger partial charge in [-0.25, -0.2) is 18.4 Å². The molecule has 1 aliphatic rings. The van der Waals surface area contributed by atoms with E-state index in [4.69, 9.17) is 4.84 Å². The number of aliphatic hydroxyl groups is 1. The van der Waals surface area contributed by atoms with Crippen LogP contribution in [0.2, 0.25) is 0 Å². The molecule has 34 heavy (non-hydrogen) atoms. The predicted molar refractivity (Wildman–Crippen MR) is 108 cm³/mol. The Morgan fingerprint density at radius 3 is 2.50 bits per heavy atom. The second kappa shape index (κ2) is 8.48. The number of alkyl halides is 3. The Morgan fingerprint density at radius 1 is 1.24 bits per heavy atom. The number of halogens is 5. The Kier molecular flexibility index (Phi) is 5.81. The topological polar surface area (TPSA) is 102 Å². The quantitative estimate of drug-likeness (QED) is 0.542. The Labute approximate surface area is 188 Å². The molecule has 1 aromatic carbocycles. The highest BCUT2D eigenvalue weighted by Gasteiger charge is 2.40. The van der Waals surface area contributed by atoms with Gasteiger partial charge in [0.15, 0.2) is 17.1 Å². The molecule has 0 spiro atoms. The van der Waals surface area contributed by atoms with E-state index in [1.54, 1.807) is 6.92 Å². The van der Waals surface area contributed by atoms with Crippen molar-refractivity contribution in [1.82, 2.24) is 14.8 Å². The summed E-state index contributed by atoms with van der Waals surface area (Å²) < 4.78 is 69.0. The minimum atomic E-state index is -4.79. The van der Waals surface area contributed by atoms with E-state index in [1.165, 1.54) is 6.07 Å². The Morgan fingerprint density at radius 2 is 1.94 bits per heavy atom. The molecule has 2 N–H and O–H groups in total. The van der Waals surface area contributed by atoms with E-state index in [0.29, 0.717) is 4.68 Å². The molecule has 0 saturated carbocycles. The molecule has 0 bridgehead atoms. The third-order valence-corrected chi connectivity index (χ3v) is 4.96. The van der Waals surface area contributed by atoms with Crippen LogP contribution < -0.4 is 5.32 Å². The number of nitrogens with one attached hydrogen (secondary N) is 1. The van der Waals surface area contributed by atoms with E-state index >= 15 is 0 Å². The number of oxime groups is 1. The summed E-state index contributed by atoms with van der Waals surface area (Å²) in [7, 11) is 0. The third-order valence-electron chi connectivity index (χ3n) is 4.96. The van der Waals surface area contributed by atoms with Crippen LogP contribution in [0.4, 0.5) is 27.6 Å². The van der Waals surface area contributed by atoms with Crippen LogP contribution in [0.1, 0.15) is 35.1 Å². The SMILES string of the molecule is CC1(CO)CC(c2cc(C(F)(F)F)n(-c3ccc(NC(=O)c4c(F)cccc4F)cn3)n2)=NO1. The average molecular weight is 481 g/mol. The van der Waals surface area contributed by atoms with Crippen molar-refractivity contribution in [2.75, 3.05) is 11.9 Å². The lowest BCUT2D eigenvalue weighted by Crippen LogP contribution is -2.29. The van der Waals surface area contributed by atoms with Crippen molar-refractivity contribution in [3.8, 4) is 5.82 Å². The fourth-order valence-electron chi connectivity index (χ4n) is 3.20. The number of carbonyl (C=O) groups excluding carboxylic acids is 1. The van der Waals surface area contributed by atoms with Crippen LogP contribution >= 0.6 is 0 Å². The molecule has 8 nitrogen and oxygen atoms in total. The number of hydrogen-bond donors (Lipinski definition) is 2. The fourth-order valence-corrected chi connectivity index (χ4v) is 3.20. The van der Waals surface area contributed by atoms with Gasteiger partial charge >= 0.3 is 6.18 Å². The van der Waals surface area contributed by atoms with Gasteiger partial charge in [-0.1, -0.05) is 11.2 Å². The monoisotopic (exact) mass is 481 g/mol. The van der Waals surface area contributed by atoms with Gasteiger partial charge in [0.05, 0.1) is 18.5 Å². The largest absolute Gasteiger partial charge is 0.433 e. The molecule has 0 fully saturated rings. The van der Waals surface area contributed by atoms with Crippen molar-refractivity contribution in [3.63, 3.8) is 0 Å². The second-order valence-electron chi connectivity index (χ2n) is 7.69. The number of anilines is 1. The van der Waals surface area contributed by atoms with Gasteiger partial charge in [-0.2, -0.15) is 18.3 Å². The molecule has 3 heterocycles. The lowest BCUT2D eigenvalue weighted by molar-refractivity contribution is -0.142. The van der Waals surface area contributed by atoms with Crippen LogP contribution in [-0.4, -0.2) is 43.7 Å². The summed E-state index contributed by atoms with van der Waals surface area (Å²) >= 11 is 0. The molecular weight excluding hydrogens is 465 g/mol. The first-order valence-corrected chi connectivity index (χ1v) is 9.76. The number of carbonyl (C=O) groups is 1. The first kappa shape index (κ1) is 23.3. The molecule has 1 amide bonds. The summed E-state index contributed by atoms with van der Waals surface area (Å²) in [6, 6.07) is 6.06. The van der Waals surface area contributed by atoms with Crippen LogP contribution in [0.5, 0.6) is 0 Å². The zero-order valence-electron chi connectivity index (χ0n) is 17.4. The molecule has 178 valence electrons. The highest BCUT2D eigenvalue weighted by Crippen LogP contribution is 2.33. The molecular formula is C21H16F5N5O3. The maximum absolute atomic E-state index is 13.8. The minimum absolute atomic E-state index is 0.00961. The van der Waals surface area contributed by atoms with Crippen molar-refractivity contribution in [3.05, 3.63) is 71.2 Å². The van der Waals surface area contributed by atoms with Crippen molar-refractivity contribution in [1.29, 1.82) is 0 Å². The van der Waals surface area contributed by atoms with Gasteiger partial charge in [0.25, 0.3) is 5.91 Å². The van der Waals surface area contributed by atoms with Gasteiger partial charge in [-0.05, 0) is 37.3 Å². The number of aromatic nitrogens is 3. The molecule has 1 atom stereocenters.